The van der Waals surface area contributed by atoms with Gasteiger partial charge < -0.3 is 5.11 Å². The fraction of sp³-hybridized carbons (Fsp3) is 0.600. The Bertz CT molecular complexity index is 430. The van der Waals surface area contributed by atoms with E-state index in [2.05, 4.69) is 9.88 Å². The third kappa shape index (κ3) is 4.08. The Kier molecular flexibility index (Phi) is 5.61. The van der Waals surface area contributed by atoms with Crippen LogP contribution in [0, 0.1) is 5.82 Å². The van der Waals surface area contributed by atoms with Gasteiger partial charge in [-0.2, -0.15) is 0 Å². The summed E-state index contributed by atoms with van der Waals surface area (Å²) in [5.41, 5.74) is 0.307. The number of rotatable bonds is 7. The van der Waals surface area contributed by atoms with E-state index in [9.17, 15) is 9.18 Å². The molecule has 4 nitrogen and oxygen atoms in total. The number of aliphatic hydroxyl groups excluding tert-OH is 1. The quantitative estimate of drug-likeness (QED) is 0.776. The van der Waals surface area contributed by atoms with Crippen molar-refractivity contribution in [2.75, 3.05) is 19.7 Å². The summed E-state index contributed by atoms with van der Waals surface area (Å²) < 4.78 is 12.8. The standard InChI is InChI=1S/C15H21FN2O2/c16-12-5-6-14(17-11-12)15(20)7-8-18(9-10-19)13-3-1-2-4-13/h5-6,11,13,19H,1-4,7-10H2. The first-order chi connectivity index (χ1) is 9.70. The van der Waals surface area contributed by atoms with E-state index in [4.69, 9.17) is 5.11 Å². The van der Waals surface area contributed by atoms with Gasteiger partial charge in [0.25, 0.3) is 0 Å². The number of hydrogen-bond acceptors (Lipinski definition) is 4. The molecule has 1 heterocycles. The molecule has 0 bridgehead atoms. The summed E-state index contributed by atoms with van der Waals surface area (Å²) in [5.74, 6) is -0.514. The van der Waals surface area contributed by atoms with Gasteiger partial charge in [0.15, 0.2) is 5.78 Å². The summed E-state index contributed by atoms with van der Waals surface area (Å²) in [6, 6.07) is 3.16. The van der Waals surface area contributed by atoms with Crippen molar-refractivity contribution in [3.8, 4) is 0 Å². The highest BCUT2D eigenvalue weighted by Gasteiger charge is 2.22. The summed E-state index contributed by atoms with van der Waals surface area (Å²) >= 11 is 0. The largest absolute Gasteiger partial charge is 0.395 e. The Morgan fingerprint density at radius 2 is 2.10 bits per heavy atom. The van der Waals surface area contributed by atoms with Gasteiger partial charge in [-0.1, -0.05) is 12.8 Å². The molecule has 1 saturated carbocycles. The molecule has 20 heavy (non-hydrogen) atoms. The molecule has 1 fully saturated rings. The van der Waals surface area contributed by atoms with Crippen LogP contribution in [0.5, 0.6) is 0 Å². The maximum Gasteiger partial charge on any atom is 0.182 e. The Balaban J connectivity index is 1.87. The summed E-state index contributed by atoms with van der Waals surface area (Å²) in [5, 5.41) is 9.13. The van der Waals surface area contributed by atoms with Crippen LogP contribution in [-0.2, 0) is 0 Å². The van der Waals surface area contributed by atoms with Crippen molar-refractivity contribution >= 4 is 5.78 Å². The Labute approximate surface area is 118 Å². The SMILES string of the molecule is O=C(CCN(CCO)C1CCCC1)c1ccc(F)cn1. The van der Waals surface area contributed by atoms with E-state index in [1.165, 1.54) is 25.0 Å². The van der Waals surface area contributed by atoms with Crippen LogP contribution in [0.25, 0.3) is 0 Å². The van der Waals surface area contributed by atoms with Crippen LogP contribution in [0.3, 0.4) is 0 Å². The lowest BCUT2D eigenvalue weighted by Gasteiger charge is -2.27. The van der Waals surface area contributed by atoms with Crippen molar-refractivity contribution in [2.24, 2.45) is 0 Å². The van der Waals surface area contributed by atoms with Crippen LogP contribution in [0.2, 0.25) is 0 Å². The smallest absolute Gasteiger partial charge is 0.182 e. The molecule has 0 spiro atoms. The maximum atomic E-state index is 12.8. The molecule has 0 amide bonds. The van der Waals surface area contributed by atoms with Crippen molar-refractivity contribution in [3.05, 3.63) is 29.8 Å². The molecule has 5 heteroatoms. The molecule has 1 aromatic rings. The number of aliphatic hydroxyl groups is 1. The van der Waals surface area contributed by atoms with Gasteiger partial charge in [-0.3, -0.25) is 14.7 Å². The molecule has 2 rings (SSSR count). The Hall–Kier alpha value is -1.33. The average molecular weight is 280 g/mol. The maximum absolute atomic E-state index is 12.8. The minimum atomic E-state index is -0.436. The second-order valence-corrected chi connectivity index (χ2v) is 5.23. The van der Waals surface area contributed by atoms with Crippen molar-refractivity contribution < 1.29 is 14.3 Å². The molecule has 0 atom stereocenters. The van der Waals surface area contributed by atoms with Crippen molar-refractivity contribution in [3.63, 3.8) is 0 Å². The van der Waals surface area contributed by atoms with E-state index in [1.54, 1.807) is 0 Å². The number of hydrogen-bond donors (Lipinski definition) is 1. The summed E-state index contributed by atoms with van der Waals surface area (Å²) in [7, 11) is 0. The zero-order valence-corrected chi connectivity index (χ0v) is 11.6. The van der Waals surface area contributed by atoms with Gasteiger partial charge in [0.2, 0.25) is 0 Å². The lowest BCUT2D eigenvalue weighted by molar-refractivity contribution is 0.0929. The second-order valence-electron chi connectivity index (χ2n) is 5.23. The van der Waals surface area contributed by atoms with Crippen LogP contribution in [0.15, 0.2) is 18.3 Å². The lowest BCUT2D eigenvalue weighted by atomic mass is 10.1. The van der Waals surface area contributed by atoms with Crippen LogP contribution < -0.4 is 0 Å². The molecule has 1 aromatic heterocycles. The highest BCUT2D eigenvalue weighted by molar-refractivity contribution is 5.94. The number of pyridine rings is 1. The van der Waals surface area contributed by atoms with Gasteiger partial charge >= 0.3 is 0 Å². The molecule has 1 N–H and O–H groups in total. The Morgan fingerprint density at radius 1 is 1.35 bits per heavy atom. The van der Waals surface area contributed by atoms with E-state index in [1.807, 2.05) is 0 Å². The van der Waals surface area contributed by atoms with Crippen molar-refractivity contribution in [1.82, 2.24) is 9.88 Å². The highest BCUT2D eigenvalue weighted by Crippen LogP contribution is 2.23. The van der Waals surface area contributed by atoms with Gasteiger partial charge in [0.1, 0.15) is 11.5 Å². The van der Waals surface area contributed by atoms with Gasteiger partial charge in [0, 0.05) is 25.6 Å². The van der Waals surface area contributed by atoms with E-state index < -0.39 is 5.82 Å². The molecular formula is C15H21FN2O2. The first kappa shape index (κ1) is 15.1. The lowest BCUT2D eigenvalue weighted by Crippen LogP contribution is -2.37. The van der Waals surface area contributed by atoms with E-state index in [0.717, 1.165) is 19.0 Å². The number of nitrogens with zero attached hydrogens (tertiary/aromatic N) is 2. The molecule has 0 saturated heterocycles. The number of carbonyl (C=O) groups excluding carboxylic acids is 1. The molecule has 1 aliphatic carbocycles. The van der Waals surface area contributed by atoms with Gasteiger partial charge in [-0.25, -0.2) is 4.39 Å². The molecule has 0 radical (unpaired) electrons. The first-order valence-corrected chi connectivity index (χ1v) is 7.20. The third-order valence-electron chi connectivity index (χ3n) is 3.87. The molecule has 1 aliphatic rings. The molecule has 0 aliphatic heterocycles. The van der Waals surface area contributed by atoms with Gasteiger partial charge in [-0.15, -0.1) is 0 Å². The number of ketones is 1. The minimum absolute atomic E-state index is 0.0778. The number of carbonyl (C=O) groups is 1. The number of halogens is 1. The first-order valence-electron chi connectivity index (χ1n) is 7.20. The fourth-order valence-corrected chi connectivity index (χ4v) is 2.79. The zero-order valence-electron chi connectivity index (χ0n) is 11.6. The van der Waals surface area contributed by atoms with Crippen molar-refractivity contribution in [2.45, 2.75) is 38.1 Å². The predicted octanol–water partition coefficient (Wildman–Crippen LogP) is 2.03. The molecular weight excluding hydrogens is 259 g/mol. The summed E-state index contributed by atoms with van der Waals surface area (Å²) in [6.45, 7) is 1.34. The van der Waals surface area contributed by atoms with Gasteiger partial charge in [0.05, 0.1) is 12.8 Å². The van der Waals surface area contributed by atoms with Crippen molar-refractivity contribution in [1.29, 1.82) is 0 Å². The molecule has 0 unspecified atom stereocenters. The van der Waals surface area contributed by atoms with Crippen LogP contribution in [0.4, 0.5) is 4.39 Å². The normalized spacial score (nSPS) is 15.9. The fourth-order valence-electron chi connectivity index (χ4n) is 2.79. The average Bonchev–Trinajstić information content (AvgIpc) is 2.98. The molecule has 110 valence electrons. The van der Waals surface area contributed by atoms with Crippen LogP contribution >= 0.6 is 0 Å². The number of aromatic nitrogens is 1. The highest BCUT2D eigenvalue weighted by atomic mass is 19.1. The van der Waals surface area contributed by atoms with Gasteiger partial charge in [-0.05, 0) is 25.0 Å². The minimum Gasteiger partial charge on any atom is -0.395 e. The predicted molar refractivity (Wildman–Crippen MR) is 74.1 cm³/mol. The zero-order chi connectivity index (χ0) is 14.4. The molecule has 0 aromatic carbocycles. The van der Waals surface area contributed by atoms with Crippen LogP contribution in [-0.4, -0.2) is 46.5 Å². The third-order valence-corrected chi connectivity index (χ3v) is 3.87. The summed E-state index contributed by atoms with van der Waals surface area (Å²) in [4.78, 5) is 18.0. The number of Topliss-reactive ketones (excluding diaryl/α,β-unsaturated/α-hetero) is 1. The van der Waals surface area contributed by atoms with Crippen LogP contribution in [0.1, 0.15) is 42.6 Å². The van der Waals surface area contributed by atoms with E-state index in [-0.39, 0.29) is 12.4 Å². The monoisotopic (exact) mass is 280 g/mol. The summed E-state index contributed by atoms with van der Waals surface area (Å²) in [6.07, 6.45) is 6.15. The van der Waals surface area contributed by atoms with E-state index in [0.29, 0.717) is 31.2 Å². The van der Waals surface area contributed by atoms with E-state index >= 15 is 0 Å². The Morgan fingerprint density at radius 3 is 2.70 bits per heavy atom. The topological polar surface area (TPSA) is 53.4 Å². The second kappa shape index (κ2) is 7.45.